The molecule has 0 radical (unpaired) electrons. The Labute approximate surface area is 122 Å². The van der Waals surface area contributed by atoms with Gasteiger partial charge in [-0.25, -0.2) is 0 Å². The van der Waals surface area contributed by atoms with Crippen LogP contribution < -0.4 is 5.32 Å². The largest absolute Gasteiger partial charge is 0.366 e. The topological polar surface area (TPSA) is 35.8 Å². The van der Waals surface area contributed by atoms with Crippen molar-refractivity contribution in [1.29, 1.82) is 5.26 Å². The van der Waals surface area contributed by atoms with E-state index < -0.39 is 6.04 Å². The molecule has 0 aliphatic carbocycles. The number of hydrogen-bond acceptors (Lipinski definition) is 2. The first-order valence-electron chi connectivity index (χ1n) is 5.78. The lowest BCUT2D eigenvalue weighted by Gasteiger charge is -2.14. The predicted molar refractivity (Wildman–Crippen MR) is 79.6 cm³/mol. The molecule has 4 heteroatoms. The monoisotopic (exact) mass is 290 g/mol. The number of anilines is 1. The van der Waals surface area contributed by atoms with E-state index in [9.17, 15) is 5.26 Å². The summed E-state index contributed by atoms with van der Waals surface area (Å²) < 4.78 is 0. The summed E-state index contributed by atoms with van der Waals surface area (Å²) in [6, 6.07) is 14.8. The number of nitrogens with one attached hydrogen (secondary N) is 1. The molecule has 0 spiro atoms. The number of rotatable bonds is 3. The molecule has 2 nitrogen and oxygen atoms in total. The highest BCUT2D eigenvalue weighted by molar-refractivity contribution is 6.42. The summed E-state index contributed by atoms with van der Waals surface area (Å²) in [5.74, 6) is 0. The molecular formula is C15H12Cl2N2. The van der Waals surface area contributed by atoms with Gasteiger partial charge in [0, 0.05) is 5.69 Å². The Kier molecular flexibility index (Phi) is 4.31. The highest BCUT2D eigenvalue weighted by Crippen LogP contribution is 2.27. The number of nitrogens with zero attached hydrogens (tertiary/aromatic N) is 1. The first kappa shape index (κ1) is 13.7. The molecule has 1 atom stereocenters. The second kappa shape index (κ2) is 5.97. The Hall–Kier alpha value is -1.69. The minimum Gasteiger partial charge on any atom is -0.366 e. The molecule has 2 aromatic carbocycles. The van der Waals surface area contributed by atoms with Gasteiger partial charge in [-0.1, -0.05) is 41.4 Å². The van der Waals surface area contributed by atoms with Gasteiger partial charge in [0.1, 0.15) is 6.04 Å². The standard InChI is InChI=1S/C15H12Cl2N2/c1-10-3-2-4-12(7-10)19-15(9-18)11-5-6-13(16)14(17)8-11/h2-8,15,19H,1H3. The second-order valence-corrected chi connectivity index (χ2v) is 5.06. The van der Waals surface area contributed by atoms with Gasteiger partial charge in [0.15, 0.2) is 0 Å². The third-order valence-electron chi connectivity index (χ3n) is 2.74. The van der Waals surface area contributed by atoms with Crippen molar-refractivity contribution < 1.29 is 0 Å². The second-order valence-electron chi connectivity index (χ2n) is 4.25. The van der Waals surface area contributed by atoms with Gasteiger partial charge in [-0.15, -0.1) is 0 Å². The van der Waals surface area contributed by atoms with Gasteiger partial charge in [-0.2, -0.15) is 5.26 Å². The molecule has 19 heavy (non-hydrogen) atoms. The molecule has 0 fully saturated rings. The summed E-state index contributed by atoms with van der Waals surface area (Å²) >= 11 is 11.8. The van der Waals surface area contributed by atoms with Crippen LogP contribution in [0.15, 0.2) is 42.5 Å². The summed E-state index contributed by atoms with van der Waals surface area (Å²) in [4.78, 5) is 0. The van der Waals surface area contributed by atoms with Gasteiger partial charge in [0.25, 0.3) is 0 Å². The maximum absolute atomic E-state index is 9.28. The molecule has 0 saturated heterocycles. The molecule has 2 rings (SSSR count). The lowest BCUT2D eigenvalue weighted by Crippen LogP contribution is -2.08. The molecule has 0 heterocycles. The zero-order valence-electron chi connectivity index (χ0n) is 10.3. The van der Waals surface area contributed by atoms with Crippen molar-refractivity contribution in [3.8, 4) is 6.07 Å². The maximum atomic E-state index is 9.28. The van der Waals surface area contributed by atoms with E-state index in [4.69, 9.17) is 23.2 Å². The van der Waals surface area contributed by atoms with Crippen molar-refractivity contribution in [3.05, 3.63) is 63.6 Å². The minimum absolute atomic E-state index is 0.449. The van der Waals surface area contributed by atoms with Gasteiger partial charge in [0.05, 0.1) is 16.1 Å². The average molecular weight is 291 g/mol. The van der Waals surface area contributed by atoms with Crippen LogP contribution in [-0.2, 0) is 0 Å². The van der Waals surface area contributed by atoms with Gasteiger partial charge >= 0.3 is 0 Å². The van der Waals surface area contributed by atoms with Crippen LogP contribution in [-0.4, -0.2) is 0 Å². The van der Waals surface area contributed by atoms with Crippen molar-refractivity contribution in [3.63, 3.8) is 0 Å². The molecule has 0 amide bonds. The number of hydrogen-bond donors (Lipinski definition) is 1. The molecule has 96 valence electrons. The number of aryl methyl sites for hydroxylation is 1. The Morgan fingerprint density at radius 2 is 1.89 bits per heavy atom. The molecule has 0 aliphatic heterocycles. The van der Waals surface area contributed by atoms with Gasteiger partial charge < -0.3 is 5.32 Å². The molecule has 0 aliphatic rings. The lowest BCUT2D eigenvalue weighted by molar-refractivity contribution is 0.997. The van der Waals surface area contributed by atoms with E-state index in [1.165, 1.54) is 0 Å². The highest BCUT2D eigenvalue weighted by Gasteiger charge is 2.11. The summed E-state index contributed by atoms with van der Waals surface area (Å²) in [7, 11) is 0. The molecule has 0 saturated carbocycles. The summed E-state index contributed by atoms with van der Waals surface area (Å²) in [5.41, 5.74) is 2.83. The van der Waals surface area contributed by atoms with E-state index in [2.05, 4.69) is 11.4 Å². The van der Waals surface area contributed by atoms with Crippen LogP contribution >= 0.6 is 23.2 Å². The molecule has 0 aromatic heterocycles. The van der Waals surface area contributed by atoms with Crippen molar-refractivity contribution in [2.45, 2.75) is 13.0 Å². The summed E-state index contributed by atoms with van der Waals surface area (Å²) in [6.07, 6.45) is 0. The van der Waals surface area contributed by atoms with E-state index in [0.29, 0.717) is 10.0 Å². The predicted octanol–water partition coefficient (Wildman–Crippen LogP) is 4.98. The van der Waals surface area contributed by atoms with Crippen LogP contribution in [0.1, 0.15) is 17.2 Å². The van der Waals surface area contributed by atoms with Crippen molar-refractivity contribution in [1.82, 2.24) is 0 Å². The van der Waals surface area contributed by atoms with E-state index in [1.807, 2.05) is 31.2 Å². The Morgan fingerprint density at radius 1 is 1.11 bits per heavy atom. The normalized spacial score (nSPS) is 11.7. The number of halogens is 2. The van der Waals surface area contributed by atoms with Gasteiger partial charge in [-0.3, -0.25) is 0 Å². The van der Waals surface area contributed by atoms with Crippen molar-refractivity contribution in [2.24, 2.45) is 0 Å². The number of benzene rings is 2. The lowest BCUT2D eigenvalue weighted by atomic mass is 10.1. The Bertz CT molecular complexity index is 632. The Morgan fingerprint density at radius 3 is 2.53 bits per heavy atom. The first-order valence-corrected chi connectivity index (χ1v) is 6.53. The van der Waals surface area contributed by atoms with Crippen LogP contribution in [0.2, 0.25) is 10.0 Å². The van der Waals surface area contributed by atoms with Gasteiger partial charge in [-0.05, 0) is 42.3 Å². The molecule has 0 bridgehead atoms. The van der Waals surface area contributed by atoms with Crippen LogP contribution in [0.3, 0.4) is 0 Å². The fraction of sp³-hybridized carbons (Fsp3) is 0.133. The van der Waals surface area contributed by atoms with Gasteiger partial charge in [0.2, 0.25) is 0 Å². The van der Waals surface area contributed by atoms with Crippen LogP contribution in [0, 0.1) is 18.3 Å². The Balaban J connectivity index is 2.25. The maximum Gasteiger partial charge on any atom is 0.140 e. The first-order chi connectivity index (χ1) is 9.10. The SMILES string of the molecule is Cc1cccc(NC(C#N)c2ccc(Cl)c(Cl)c2)c1. The van der Waals surface area contributed by atoms with Crippen LogP contribution in [0.25, 0.3) is 0 Å². The summed E-state index contributed by atoms with van der Waals surface area (Å²) in [5, 5.41) is 13.4. The third-order valence-corrected chi connectivity index (χ3v) is 3.47. The fourth-order valence-electron chi connectivity index (χ4n) is 1.78. The van der Waals surface area contributed by atoms with E-state index in [-0.39, 0.29) is 0 Å². The van der Waals surface area contributed by atoms with Crippen molar-refractivity contribution in [2.75, 3.05) is 5.32 Å². The third kappa shape index (κ3) is 3.41. The molecular weight excluding hydrogens is 279 g/mol. The van der Waals surface area contributed by atoms with E-state index >= 15 is 0 Å². The van der Waals surface area contributed by atoms with Crippen LogP contribution in [0.5, 0.6) is 0 Å². The molecule has 1 unspecified atom stereocenters. The van der Waals surface area contributed by atoms with Crippen LogP contribution in [0.4, 0.5) is 5.69 Å². The van der Waals surface area contributed by atoms with Crippen molar-refractivity contribution >= 4 is 28.9 Å². The minimum atomic E-state index is -0.462. The average Bonchev–Trinajstić information content (AvgIpc) is 2.39. The smallest absolute Gasteiger partial charge is 0.140 e. The molecule has 1 N–H and O–H groups in total. The van der Waals surface area contributed by atoms with E-state index in [0.717, 1.165) is 16.8 Å². The number of nitriles is 1. The summed E-state index contributed by atoms with van der Waals surface area (Å²) in [6.45, 7) is 2.01. The zero-order valence-corrected chi connectivity index (χ0v) is 11.8. The zero-order chi connectivity index (χ0) is 13.8. The quantitative estimate of drug-likeness (QED) is 0.865. The molecule has 2 aromatic rings. The highest BCUT2D eigenvalue weighted by atomic mass is 35.5. The fourth-order valence-corrected chi connectivity index (χ4v) is 2.09. The van der Waals surface area contributed by atoms with E-state index in [1.54, 1.807) is 18.2 Å².